The number of esters is 1. The van der Waals surface area contributed by atoms with Crippen LogP contribution in [0.5, 0.6) is 0 Å². The van der Waals surface area contributed by atoms with E-state index in [9.17, 15) is 19.5 Å². The largest absolute Gasteiger partial charge is 0.465 e. The number of aromatic nitrogens is 1. The second-order valence-electron chi connectivity index (χ2n) is 9.78. The van der Waals surface area contributed by atoms with Gasteiger partial charge < -0.3 is 19.1 Å². The first-order chi connectivity index (χ1) is 16.6. The number of rotatable bonds is 4. The zero-order valence-electron chi connectivity index (χ0n) is 20.4. The zero-order chi connectivity index (χ0) is 25.3. The van der Waals surface area contributed by atoms with Crippen LogP contribution in [0.4, 0.5) is 4.79 Å². The molecule has 0 aliphatic carbocycles. The highest BCUT2D eigenvalue weighted by atomic mass is 16.6. The van der Waals surface area contributed by atoms with E-state index in [4.69, 9.17) is 9.47 Å². The van der Waals surface area contributed by atoms with Crippen molar-refractivity contribution in [1.29, 1.82) is 0 Å². The summed E-state index contributed by atoms with van der Waals surface area (Å²) in [5, 5.41) is 12.3. The Balaban J connectivity index is 1.63. The number of fused-ring (bicyclic) bond motifs is 2. The molecule has 4 rings (SSSR count). The van der Waals surface area contributed by atoms with Crippen LogP contribution >= 0.6 is 0 Å². The predicted octanol–water partition coefficient (Wildman–Crippen LogP) is 3.51. The van der Waals surface area contributed by atoms with Gasteiger partial charge in [-0.05, 0) is 68.0 Å². The number of hydrogen-bond acceptors (Lipinski definition) is 6. The summed E-state index contributed by atoms with van der Waals surface area (Å²) in [4.78, 5) is 39.5. The Bertz CT molecular complexity index is 1320. The monoisotopic (exact) mass is 478 g/mol. The Morgan fingerprint density at radius 3 is 2.51 bits per heavy atom. The van der Waals surface area contributed by atoms with E-state index in [-0.39, 0.29) is 12.1 Å². The van der Waals surface area contributed by atoms with Gasteiger partial charge in [0.25, 0.3) is 5.56 Å². The highest BCUT2D eigenvalue weighted by Gasteiger charge is 2.37. The summed E-state index contributed by atoms with van der Waals surface area (Å²) in [5.41, 5.74) is 1.44. The molecule has 184 valence electrons. The number of methoxy groups -OCH3 is 1. The molecule has 0 fully saturated rings. The molecular weight excluding hydrogens is 448 g/mol. The molecule has 0 spiro atoms. The van der Waals surface area contributed by atoms with Crippen molar-refractivity contribution in [3.8, 4) is 0 Å². The third kappa shape index (κ3) is 5.22. The highest BCUT2D eigenvalue weighted by molar-refractivity contribution is 5.95. The highest BCUT2D eigenvalue weighted by Crippen LogP contribution is 2.27. The Morgan fingerprint density at radius 2 is 1.83 bits per heavy atom. The summed E-state index contributed by atoms with van der Waals surface area (Å²) >= 11 is 0. The normalized spacial score (nSPS) is 16.5. The van der Waals surface area contributed by atoms with Crippen LogP contribution in [-0.4, -0.2) is 51.5 Å². The van der Waals surface area contributed by atoms with E-state index < -0.39 is 29.8 Å². The molecular formula is C27H30N2O6. The lowest BCUT2D eigenvalue weighted by Crippen LogP contribution is -2.53. The molecule has 0 saturated heterocycles. The number of aliphatic hydroxyl groups is 1. The fourth-order valence-electron chi connectivity index (χ4n) is 4.41. The minimum absolute atomic E-state index is 0.000339. The van der Waals surface area contributed by atoms with Crippen LogP contribution in [0, 0.1) is 0 Å². The van der Waals surface area contributed by atoms with Crippen LogP contribution in [-0.2, 0) is 29.0 Å². The van der Waals surface area contributed by atoms with Crippen LogP contribution in [0.2, 0.25) is 0 Å². The number of pyridine rings is 1. The summed E-state index contributed by atoms with van der Waals surface area (Å²) in [6, 6.07) is 13.7. The Hall–Kier alpha value is -3.65. The molecule has 8 nitrogen and oxygen atoms in total. The lowest BCUT2D eigenvalue weighted by atomic mass is 9.91. The van der Waals surface area contributed by atoms with E-state index >= 15 is 0 Å². The molecule has 1 aromatic heterocycles. The van der Waals surface area contributed by atoms with Gasteiger partial charge in [0, 0.05) is 18.1 Å². The van der Waals surface area contributed by atoms with E-state index in [1.54, 1.807) is 56.1 Å². The number of ether oxygens (including phenoxy) is 2. The van der Waals surface area contributed by atoms with Crippen molar-refractivity contribution < 1.29 is 24.2 Å². The molecule has 1 aliphatic rings. The van der Waals surface area contributed by atoms with E-state index in [0.29, 0.717) is 29.3 Å². The van der Waals surface area contributed by atoms with Crippen molar-refractivity contribution in [2.75, 3.05) is 7.11 Å². The predicted molar refractivity (Wildman–Crippen MR) is 131 cm³/mol. The molecule has 2 atom stereocenters. The van der Waals surface area contributed by atoms with E-state index in [1.807, 2.05) is 24.3 Å². The number of benzene rings is 2. The number of carbonyl (C=O) groups is 2. The van der Waals surface area contributed by atoms with Crippen LogP contribution in [0.1, 0.15) is 42.3 Å². The first-order valence-electron chi connectivity index (χ1n) is 11.5. The first kappa shape index (κ1) is 24.5. The Kier molecular flexibility index (Phi) is 6.67. The van der Waals surface area contributed by atoms with Crippen LogP contribution in [0.25, 0.3) is 10.8 Å². The molecule has 35 heavy (non-hydrogen) atoms. The topological polar surface area (TPSA) is 98.1 Å². The number of carbonyl (C=O) groups excluding carboxylic acids is 2. The van der Waals surface area contributed by atoms with Gasteiger partial charge >= 0.3 is 12.1 Å². The number of nitrogens with zero attached hydrogens (tertiary/aromatic N) is 2. The second kappa shape index (κ2) is 9.54. The molecule has 0 bridgehead atoms. The maximum absolute atomic E-state index is 13.1. The van der Waals surface area contributed by atoms with Crippen molar-refractivity contribution >= 4 is 22.8 Å². The molecule has 0 radical (unpaired) electrons. The van der Waals surface area contributed by atoms with E-state index in [0.717, 1.165) is 11.1 Å². The van der Waals surface area contributed by atoms with Gasteiger partial charge in [0.1, 0.15) is 5.60 Å². The summed E-state index contributed by atoms with van der Waals surface area (Å²) in [6.45, 7) is 5.72. The van der Waals surface area contributed by atoms with Crippen molar-refractivity contribution in [2.24, 2.45) is 0 Å². The molecule has 1 N–H and O–H groups in total. The second-order valence-corrected chi connectivity index (χ2v) is 9.78. The van der Waals surface area contributed by atoms with E-state index in [1.165, 1.54) is 11.7 Å². The summed E-state index contributed by atoms with van der Waals surface area (Å²) in [5.74, 6) is -0.480. The lowest BCUT2D eigenvalue weighted by molar-refractivity contribution is -0.0154. The average molecular weight is 479 g/mol. The summed E-state index contributed by atoms with van der Waals surface area (Å²) in [7, 11) is 1.30. The number of amides is 1. The molecule has 8 heteroatoms. The SMILES string of the molecule is COC(=O)c1ccc2c(=O)n(CC(O)[C@@H]3Cc4ccccc4CN3C(=O)OC(C)(C)C)ccc2c1. The molecule has 2 heterocycles. The quantitative estimate of drug-likeness (QED) is 0.577. The van der Waals surface area contributed by atoms with Gasteiger partial charge in [-0.15, -0.1) is 0 Å². The van der Waals surface area contributed by atoms with Crippen LogP contribution in [0.15, 0.2) is 59.5 Å². The van der Waals surface area contributed by atoms with Gasteiger partial charge in [0.2, 0.25) is 0 Å². The van der Waals surface area contributed by atoms with Gasteiger partial charge in [-0.3, -0.25) is 9.69 Å². The summed E-state index contributed by atoms with van der Waals surface area (Å²) < 4.78 is 11.8. The average Bonchev–Trinajstić information content (AvgIpc) is 2.83. The smallest absolute Gasteiger partial charge is 0.410 e. The van der Waals surface area contributed by atoms with Crippen molar-refractivity contribution in [2.45, 2.75) is 58.0 Å². The molecule has 1 amide bonds. The molecule has 2 aromatic carbocycles. The van der Waals surface area contributed by atoms with Crippen molar-refractivity contribution in [3.05, 3.63) is 81.8 Å². The molecule has 3 aromatic rings. The lowest BCUT2D eigenvalue weighted by Gasteiger charge is -2.40. The van der Waals surface area contributed by atoms with Gasteiger partial charge in [0.15, 0.2) is 0 Å². The van der Waals surface area contributed by atoms with Gasteiger partial charge in [-0.25, -0.2) is 9.59 Å². The maximum Gasteiger partial charge on any atom is 0.410 e. The Labute approximate surface area is 203 Å². The van der Waals surface area contributed by atoms with Crippen molar-refractivity contribution in [1.82, 2.24) is 9.47 Å². The van der Waals surface area contributed by atoms with Gasteiger partial charge in [-0.2, -0.15) is 0 Å². The third-order valence-corrected chi connectivity index (χ3v) is 6.14. The zero-order valence-corrected chi connectivity index (χ0v) is 20.4. The minimum atomic E-state index is -1.01. The molecule has 0 saturated carbocycles. The van der Waals surface area contributed by atoms with Gasteiger partial charge in [0.05, 0.1) is 31.4 Å². The maximum atomic E-state index is 13.1. The fourth-order valence-corrected chi connectivity index (χ4v) is 4.41. The fraction of sp³-hybridized carbons (Fsp3) is 0.370. The minimum Gasteiger partial charge on any atom is -0.465 e. The standard InChI is InChI=1S/C27H30N2O6/c1-27(2,3)35-26(33)29-15-20-8-6-5-7-17(20)14-22(29)23(30)16-28-12-11-18-13-19(25(32)34-4)9-10-21(18)24(28)31/h5-13,22-23,30H,14-16H2,1-4H3/t22-,23?/m0/s1. The van der Waals surface area contributed by atoms with Crippen molar-refractivity contribution in [3.63, 3.8) is 0 Å². The number of aliphatic hydroxyl groups excluding tert-OH is 1. The number of hydrogen-bond donors (Lipinski definition) is 1. The molecule has 1 aliphatic heterocycles. The third-order valence-electron chi connectivity index (χ3n) is 6.14. The first-order valence-corrected chi connectivity index (χ1v) is 11.5. The summed E-state index contributed by atoms with van der Waals surface area (Å²) in [6.07, 6.45) is 0.517. The van der Waals surface area contributed by atoms with Gasteiger partial charge in [-0.1, -0.05) is 24.3 Å². The Morgan fingerprint density at radius 1 is 1.11 bits per heavy atom. The molecule has 1 unspecified atom stereocenters. The van der Waals surface area contributed by atoms with E-state index in [2.05, 4.69) is 0 Å². The van der Waals surface area contributed by atoms with Crippen LogP contribution in [0.3, 0.4) is 0 Å². The van der Waals surface area contributed by atoms with Crippen LogP contribution < -0.4 is 5.56 Å².